The highest BCUT2D eigenvalue weighted by Crippen LogP contribution is 2.27. The van der Waals surface area contributed by atoms with Gasteiger partial charge in [0.1, 0.15) is 23.7 Å². The first-order chi connectivity index (χ1) is 15.6. The van der Waals surface area contributed by atoms with Crippen LogP contribution in [0.25, 0.3) is 0 Å². The summed E-state index contributed by atoms with van der Waals surface area (Å²) >= 11 is 0. The van der Waals surface area contributed by atoms with Gasteiger partial charge in [-0.25, -0.2) is 28.8 Å². The van der Waals surface area contributed by atoms with E-state index in [0.717, 1.165) is 20.9 Å². The molecule has 33 heavy (non-hydrogen) atoms. The normalized spacial score (nSPS) is 20.3. The molecule has 1 unspecified atom stereocenters. The predicted octanol–water partition coefficient (Wildman–Crippen LogP) is 0.373. The van der Waals surface area contributed by atoms with Crippen LogP contribution in [0.3, 0.4) is 0 Å². The summed E-state index contributed by atoms with van der Waals surface area (Å²) in [5, 5.41) is 22.8. The van der Waals surface area contributed by atoms with Crippen LogP contribution in [0, 0.1) is 5.82 Å². The van der Waals surface area contributed by atoms with Gasteiger partial charge in [-0.3, -0.25) is 14.5 Å². The van der Waals surface area contributed by atoms with Gasteiger partial charge in [0, 0.05) is 20.0 Å². The number of ether oxygens (including phenoxy) is 1. The molecule has 1 aromatic rings. The van der Waals surface area contributed by atoms with Crippen LogP contribution in [0.5, 0.6) is 0 Å². The lowest BCUT2D eigenvalue weighted by molar-refractivity contribution is -0.127. The van der Waals surface area contributed by atoms with Crippen LogP contribution in [-0.4, -0.2) is 100.0 Å². The minimum Gasteiger partial charge on any atom is -0.465 e. The molecule has 0 aromatic heterocycles. The molecular formula is C19H22FN5O8. The molecule has 2 heterocycles. The first-order valence-electron chi connectivity index (χ1n) is 9.88. The van der Waals surface area contributed by atoms with E-state index in [1.807, 2.05) is 0 Å². The molecule has 0 spiro atoms. The fourth-order valence-corrected chi connectivity index (χ4v) is 3.56. The van der Waals surface area contributed by atoms with Crippen LogP contribution < -0.4 is 10.3 Å². The van der Waals surface area contributed by atoms with E-state index in [1.165, 1.54) is 25.1 Å². The Hall–Kier alpha value is -4.10. The number of cyclic esters (lactones) is 1. The molecule has 3 N–H and O–H groups in total. The Morgan fingerprint density at radius 1 is 1.15 bits per heavy atom. The number of benzene rings is 1. The SMILES string of the molecule is CC(=O)NC[C@H]1CN(N(C(=O)C2CN(C(=O)O)CCN2C(=O)O)c2ccccc2F)C(=O)O1. The van der Waals surface area contributed by atoms with Gasteiger partial charge in [-0.05, 0) is 12.1 Å². The summed E-state index contributed by atoms with van der Waals surface area (Å²) in [5.74, 6) is -2.29. The third kappa shape index (κ3) is 5.05. The molecule has 2 saturated heterocycles. The van der Waals surface area contributed by atoms with Gasteiger partial charge in [-0.15, -0.1) is 0 Å². The molecular weight excluding hydrogens is 445 g/mol. The van der Waals surface area contributed by atoms with E-state index >= 15 is 0 Å². The highest BCUT2D eigenvalue weighted by atomic mass is 19.1. The number of piperazine rings is 1. The molecule has 0 saturated carbocycles. The topological polar surface area (TPSA) is 160 Å². The first kappa shape index (κ1) is 23.6. The third-order valence-electron chi connectivity index (χ3n) is 5.15. The van der Waals surface area contributed by atoms with Crippen LogP contribution in [0.4, 0.5) is 24.5 Å². The molecule has 1 aromatic carbocycles. The molecule has 2 aliphatic heterocycles. The van der Waals surface area contributed by atoms with Gasteiger partial charge in [0.25, 0.3) is 5.91 Å². The number of nitrogens with zero attached hydrogens (tertiary/aromatic N) is 4. The fourth-order valence-electron chi connectivity index (χ4n) is 3.56. The standard InChI is InChI=1S/C19H22FN5O8/c1-11(26)21-8-12-9-24(19(32)33-12)25(14-5-3-2-4-13(14)20)16(27)15-10-22(17(28)29)6-7-23(15)18(30)31/h2-5,12,15H,6-10H2,1H3,(H,21,26)(H,28,29)(H,30,31)/t12-,15?/m0/s1. The number of hydrazine groups is 1. The lowest BCUT2D eigenvalue weighted by atomic mass is 10.1. The molecule has 3 rings (SSSR count). The summed E-state index contributed by atoms with van der Waals surface area (Å²) in [6, 6.07) is 3.48. The van der Waals surface area contributed by atoms with Crippen molar-refractivity contribution in [2.75, 3.05) is 37.7 Å². The molecule has 13 nitrogen and oxygen atoms in total. The van der Waals surface area contributed by atoms with E-state index in [1.54, 1.807) is 0 Å². The second-order valence-electron chi connectivity index (χ2n) is 7.35. The highest BCUT2D eigenvalue weighted by Gasteiger charge is 2.45. The number of carboxylic acid groups (broad SMARTS) is 2. The van der Waals surface area contributed by atoms with Crippen molar-refractivity contribution in [2.45, 2.75) is 19.1 Å². The zero-order valence-corrected chi connectivity index (χ0v) is 17.5. The predicted molar refractivity (Wildman–Crippen MR) is 108 cm³/mol. The van der Waals surface area contributed by atoms with Crippen LogP contribution in [0.15, 0.2) is 24.3 Å². The monoisotopic (exact) mass is 467 g/mol. The Balaban J connectivity index is 1.97. The van der Waals surface area contributed by atoms with Crippen molar-refractivity contribution in [1.29, 1.82) is 0 Å². The van der Waals surface area contributed by atoms with Gasteiger partial charge < -0.3 is 25.2 Å². The number of halogens is 1. The van der Waals surface area contributed by atoms with Crippen molar-refractivity contribution >= 4 is 35.8 Å². The number of hydrogen-bond acceptors (Lipinski definition) is 6. The minimum absolute atomic E-state index is 0.0612. The van der Waals surface area contributed by atoms with Crippen molar-refractivity contribution in [3.8, 4) is 0 Å². The maximum absolute atomic E-state index is 14.7. The van der Waals surface area contributed by atoms with Crippen LogP contribution in [0.2, 0.25) is 0 Å². The van der Waals surface area contributed by atoms with E-state index in [2.05, 4.69) is 5.32 Å². The summed E-state index contributed by atoms with van der Waals surface area (Å²) in [6.07, 6.45) is -4.71. The average Bonchev–Trinajstić information content (AvgIpc) is 3.13. The summed E-state index contributed by atoms with van der Waals surface area (Å²) < 4.78 is 19.9. The van der Waals surface area contributed by atoms with Crippen molar-refractivity contribution in [1.82, 2.24) is 20.1 Å². The number of hydrogen-bond donors (Lipinski definition) is 3. The number of rotatable bonds is 5. The van der Waals surface area contributed by atoms with Gasteiger partial charge >= 0.3 is 18.3 Å². The van der Waals surface area contributed by atoms with Gasteiger partial charge in [-0.1, -0.05) is 12.1 Å². The molecule has 14 heteroatoms. The van der Waals surface area contributed by atoms with E-state index in [4.69, 9.17) is 4.74 Å². The summed E-state index contributed by atoms with van der Waals surface area (Å²) in [5.41, 5.74) is -0.350. The maximum atomic E-state index is 14.7. The number of para-hydroxylation sites is 1. The highest BCUT2D eigenvalue weighted by molar-refractivity contribution is 6.00. The Labute approximate surface area is 186 Å². The number of carbonyl (C=O) groups is 5. The largest absolute Gasteiger partial charge is 0.465 e. The number of nitrogens with one attached hydrogen (secondary N) is 1. The van der Waals surface area contributed by atoms with Crippen LogP contribution in [-0.2, 0) is 14.3 Å². The smallest absolute Gasteiger partial charge is 0.429 e. The summed E-state index contributed by atoms with van der Waals surface area (Å²) in [4.78, 5) is 62.1. The Morgan fingerprint density at radius 2 is 1.85 bits per heavy atom. The minimum atomic E-state index is -1.55. The second-order valence-corrected chi connectivity index (χ2v) is 7.35. The van der Waals surface area contributed by atoms with Crippen LogP contribution in [0.1, 0.15) is 6.92 Å². The average molecular weight is 467 g/mol. The molecule has 0 bridgehead atoms. The van der Waals surface area contributed by atoms with Crippen molar-refractivity contribution < 1.29 is 43.3 Å². The Bertz CT molecular complexity index is 975. The Kier molecular flexibility index (Phi) is 6.84. The van der Waals surface area contributed by atoms with E-state index < -0.39 is 48.7 Å². The second kappa shape index (κ2) is 9.58. The van der Waals surface area contributed by atoms with Crippen LogP contribution >= 0.6 is 0 Å². The third-order valence-corrected chi connectivity index (χ3v) is 5.15. The quantitative estimate of drug-likeness (QED) is 0.560. The molecule has 5 amide bonds. The van der Waals surface area contributed by atoms with Crippen molar-refractivity contribution in [2.24, 2.45) is 0 Å². The molecule has 0 radical (unpaired) electrons. The lowest BCUT2D eigenvalue weighted by Crippen LogP contribution is -2.64. The first-order valence-corrected chi connectivity index (χ1v) is 9.88. The summed E-state index contributed by atoms with van der Waals surface area (Å²) in [7, 11) is 0. The van der Waals surface area contributed by atoms with Gasteiger partial charge in [0.15, 0.2) is 0 Å². The molecule has 0 aliphatic carbocycles. The van der Waals surface area contributed by atoms with Crippen molar-refractivity contribution in [3.63, 3.8) is 0 Å². The number of anilines is 1. The zero-order chi connectivity index (χ0) is 24.3. The Morgan fingerprint density at radius 3 is 2.45 bits per heavy atom. The fraction of sp³-hybridized carbons (Fsp3) is 0.421. The lowest BCUT2D eigenvalue weighted by Gasteiger charge is -2.41. The van der Waals surface area contributed by atoms with E-state index in [9.17, 15) is 38.6 Å². The zero-order valence-electron chi connectivity index (χ0n) is 17.5. The molecule has 2 fully saturated rings. The van der Waals surface area contributed by atoms with E-state index in [-0.39, 0.29) is 37.8 Å². The molecule has 2 aliphatic rings. The maximum Gasteiger partial charge on any atom is 0.429 e. The van der Waals surface area contributed by atoms with E-state index in [0.29, 0.717) is 5.01 Å². The summed E-state index contributed by atoms with van der Waals surface area (Å²) in [6.45, 7) is -0.00447. The molecule has 2 atom stereocenters. The van der Waals surface area contributed by atoms with Gasteiger partial charge in [0.05, 0.1) is 19.6 Å². The number of amides is 5. The van der Waals surface area contributed by atoms with Crippen molar-refractivity contribution in [3.05, 3.63) is 30.1 Å². The van der Waals surface area contributed by atoms with Gasteiger partial charge in [0.2, 0.25) is 5.91 Å². The molecule has 178 valence electrons. The number of carbonyl (C=O) groups excluding carboxylic acids is 3. The van der Waals surface area contributed by atoms with Gasteiger partial charge in [-0.2, -0.15) is 0 Å².